The van der Waals surface area contributed by atoms with E-state index in [0.29, 0.717) is 13.0 Å². The fourth-order valence-electron chi connectivity index (χ4n) is 1.38. The highest BCUT2D eigenvalue weighted by Gasteiger charge is 2.14. The van der Waals surface area contributed by atoms with Crippen LogP contribution in [-0.2, 0) is 4.79 Å². The normalized spacial score (nSPS) is 11.9. The van der Waals surface area contributed by atoms with Crippen molar-refractivity contribution in [3.05, 3.63) is 24.3 Å². The lowest BCUT2D eigenvalue weighted by Gasteiger charge is -2.14. The number of carbonyl (C=O) groups is 1. The molecule has 0 aliphatic rings. The Bertz CT molecular complexity index is 352. The van der Waals surface area contributed by atoms with Gasteiger partial charge in [0.05, 0.1) is 6.61 Å². The lowest BCUT2D eigenvalue weighted by Crippen LogP contribution is -2.28. The van der Waals surface area contributed by atoms with Gasteiger partial charge in [-0.15, -0.1) is 0 Å². The maximum absolute atomic E-state index is 10.9. The van der Waals surface area contributed by atoms with E-state index in [9.17, 15) is 4.79 Å². The van der Waals surface area contributed by atoms with Crippen LogP contribution in [0.1, 0.15) is 20.3 Å². The Morgan fingerprint density at radius 1 is 1.50 bits per heavy atom. The van der Waals surface area contributed by atoms with Gasteiger partial charge in [0, 0.05) is 11.8 Å². The number of ether oxygens (including phenoxy) is 1. The first-order chi connectivity index (χ1) is 7.67. The molecule has 0 saturated heterocycles. The van der Waals surface area contributed by atoms with Crippen molar-refractivity contribution < 1.29 is 14.6 Å². The van der Waals surface area contributed by atoms with Crippen molar-refractivity contribution in [1.29, 1.82) is 0 Å². The average molecular weight is 223 g/mol. The summed E-state index contributed by atoms with van der Waals surface area (Å²) in [5.74, 6) is -0.0999. The minimum absolute atomic E-state index is 0.536. The Kier molecular flexibility index (Phi) is 4.64. The molecule has 1 aromatic rings. The smallest absolute Gasteiger partial charge is 0.326 e. The summed E-state index contributed by atoms with van der Waals surface area (Å²) >= 11 is 0. The Hall–Kier alpha value is -1.71. The summed E-state index contributed by atoms with van der Waals surface area (Å²) < 4.78 is 5.33. The molecule has 0 radical (unpaired) electrons. The first-order valence-corrected chi connectivity index (χ1v) is 5.39. The molecular weight excluding hydrogens is 206 g/mol. The zero-order valence-electron chi connectivity index (χ0n) is 9.56. The van der Waals surface area contributed by atoms with E-state index in [1.165, 1.54) is 0 Å². The van der Waals surface area contributed by atoms with Gasteiger partial charge in [0.15, 0.2) is 0 Å². The van der Waals surface area contributed by atoms with E-state index < -0.39 is 12.0 Å². The molecule has 1 aromatic carbocycles. The van der Waals surface area contributed by atoms with Crippen LogP contribution in [0.25, 0.3) is 0 Å². The number of carboxylic acids is 1. The summed E-state index contributed by atoms with van der Waals surface area (Å²) in [6, 6.07) is 6.75. The van der Waals surface area contributed by atoms with Gasteiger partial charge in [-0.3, -0.25) is 0 Å². The molecule has 4 nitrogen and oxygen atoms in total. The van der Waals surface area contributed by atoms with Crippen molar-refractivity contribution in [2.75, 3.05) is 11.9 Å². The van der Waals surface area contributed by atoms with Crippen LogP contribution in [0.4, 0.5) is 5.69 Å². The summed E-state index contributed by atoms with van der Waals surface area (Å²) in [6.07, 6.45) is 0.536. The van der Waals surface area contributed by atoms with E-state index in [2.05, 4.69) is 5.32 Å². The summed E-state index contributed by atoms with van der Waals surface area (Å²) in [7, 11) is 0. The predicted molar refractivity (Wildman–Crippen MR) is 62.9 cm³/mol. The molecule has 0 heterocycles. The Balaban J connectivity index is 2.72. The van der Waals surface area contributed by atoms with Gasteiger partial charge in [0.2, 0.25) is 0 Å². The molecule has 0 saturated carbocycles. The highest BCUT2D eigenvalue weighted by Crippen LogP contribution is 2.18. The average Bonchev–Trinajstić information content (AvgIpc) is 2.26. The van der Waals surface area contributed by atoms with Crippen LogP contribution in [0, 0.1) is 0 Å². The first-order valence-electron chi connectivity index (χ1n) is 5.39. The summed E-state index contributed by atoms with van der Waals surface area (Å²) in [4.78, 5) is 10.9. The first kappa shape index (κ1) is 12.4. The summed E-state index contributed by atoms with van der Waals surface area (Å²) in [5, 5.41) is 11.9. The van der Waals surface area contributed by atoms with Crippen LogP contribution in [-0.4, -0.2) is 23.7 Å². The van der Waals surface area contributed by atoms with Gasteiger partial charge in [0.25, 0.3) is 0 Å². The lowest BCUT2D eigenvalue weighted by atomic mass is 10.2. The molecule has 0 aliphatic carbocycles. The second kappa shape index (κ2) is 6.00. The number of rotatable bonds is 6. The Morgan fingerprint density at radius 2 is 2.25 bits per heavy atom. The van der Waals surface area contributed by atoms with Crippen LogP contribution >= 0.6 is 0 Å². The molecule has 1 rings (SSSR count). The van der Waals surface area contributed by atoms with Crippen LogP contribution in [0.15, 0.2) is 24.3 Å². The van der Waals surface area contributed by atoms with Crippen molar-refractivity contribution >= 4 is 11.7 Å². The monoisotopic (exact) mass is 223 g/mol. The number of anilines is 1. The van der Waals surface area contributed by atoms with Gasteiger partial charge in [-0.25, -0.2) is 4.79 Å². The number of hydrogen-bond donors (Lipinski definition) is 2. The fourth-order valence-corrected chi connectivity index (χ4v) is 1.38. The molecule has 0 fully saturated rings. The molecule has 88 valence electrons. The molecule has 0 amide bonds. The minimum Gasteiger partial charge on any atom is -0.494 e. The zero-order valence-corrected chi connectivity index (χ0v) is 9.56. The third-order valence-corrected chi connectivity index (χ3v) is 2.19. The SMILES string of the molecule is CCOc1cccc(NC(CC)C(=O)O)c1. The van der Waals surface area contributed by atoms with E-state index in [-0.39, 0.29) is 0 Å². The second-order valence-corrected chi connectivity index (χ2v) is 3.40. The van der Waals surface area contributed by atoms with E-state index in [1.807, 2.05) is 32.0 Å². The predicted octanol–water partition coefficient (Wildman–Crippen LogP) is 2.36. The molecule has 1 atom stereocenters. The number of nitrogens with one attached hydrogen (secondary N) is 1. The number of hydrogen-bond acceptors (Lipinski definition) is 3. The van der Waals surface area contributed by atoms with E-state index in [1.54, 1.807) is 6.07 Å². The van der Waals surface area contributed by atoms with Gasteiger partial charge >= 0.3 is 5.97 Å². The van der Waals surface area contributed by atoms with Gasteiger partial charge < -0.3 is 15.2 Å². The van der Waals surface area contributed by atoms with Crippen molar-refractivity contribution in [3.8, 4) is 5.75 Å². The van der Waals surface area contributed by atoms with Crippen molar-refractivity contribution in [2.24, 2.45) is 0 Å². The minimum atomic E-state index is -0.843. The van der Waals surface area contributed by atoms with E-state index in [4.69, 9.17) is 9.84 Å². The molecule has 0 aliphatic heterocycles. The number of aliphatic carboxylic acids is 1. The highest BCUT2D eigenvalue weighted by atomic mass is 16.5. The third kappa shape index (κ3) is 3.46. The molecule has 0 aromatic heterocycles. The molecule has 2 N–H and O–H groups in total. The summed E-state index contributed by atoms with van der Waals surface area (Å²) in [5.41, 5.74) is 0.764. The Labute approximate surface area is 95.2 Å². The molecule has 16 heavy (non-hydrogen) atoms. The third-order valence-electron chi connectivity index (χ3n) is 2.19. The highest BCUT2D eigenvalue weighted by molar-refractivity contribution is 5.77. The lowest BCUT2D eigenvalue weighted by molar-refractivity contribution is -0.137. The van der Waals surface area contributed by atoms with Crippen molar-refractivity contribution in [2.45, 2.75) is 26.3 Å². The fraction of sp³-hybridized carbons (Fsp3) is 0.417. The van der Waals surface area contributed by atoms with Crippen LogP contribution in [0.5, 0.6) is 5.75 Å². The van der Waals surface area contributed by atoms with E-state index >= 15 is 0 Å². The Morgan fingerprint density at radius 3 is 2.81 bits per heavy atom. The maximum atomic E-state index is 10.9. The van der Waals surface area contributed by atoms with Crippen LogP contribution in [0.2, 0.25) is 0 Å². The van der Waals surface area contributed by atoms with Crippen molar-refractivity contribution in [3.63, 3.8) is 0 Å². The number of carboxylic acid groups (broad SMARTS) is 1. The summed E-state index contributed by atoms with van der Waals surface area (Å²) in [6.45, 7) is 4.34. The second-order valence-electron chi connectivity index (χ2n) is 3.40. The van der Waals surface area contributed by atoms with E-state index in [0.717, 1.165) is 11.4 Å². The molecule has 1 unspecified atom stereocenters. The molecular formula is C12H17NO3. The maximum Gasteiger partial charge on any atom is 0.326 e. The quantitative estimate of drug-likeness (QED) is 0.777. The molecule has 4 heteroatoms. The van der Waals surface area contributed by atoms with Crippen LogP contribution < -0.4 is 10.1 Å². The standard InChI is InChI=1S/C12H17NO3/c1-3-11(12(14)15)13-9-6-5-7-10(8-9)16-4-2/h5-8,11,13H,3-4H2,1-2H3,(H,14,15). The van der Waals surface area contributed by atoms with Crippen molar-refractivity contribution in [1.82, 2.24) is 0 Å². The van der Waals surface area contributed by atoms with Gasteiger partial charge in [-0.1, -0.05) is 13.0 Å². The van der Waals surface area contributed by atoms with Gasteiger partial charge in [-0.05, 0) is 25.5 Å². The number of benzene rings is 1. The molecule has 0 spiro atoms. The van der Waals surface area contributed by atoms with Crippen LogP contribution in [0.3, 0.4) is 0 Å². The van der Waals surface area contributed by atoms with Gasteiger partial charge in [0.1, 0.15) is 11.8 Å². The largest absolute Gasteiger partial charge is 0.494 e. The topological polar surface area (TPSA) is 58.6 Å². The molecule has 0 bridgehead atoms. The zero-order chi connectivity index (χ0) is 12.0. The van der Waals surface area contributed by atoms with Gasteiger partial charge in [-0.2, -0.15) is 0 Å².